The van der Waals surface area contributed by atoms with Crippen LogP contribution in [-0.4, -0.2) is 16.1 Å². The van der Waals surface area contributed by atoms with E-state index in [0.717, 1.165) is 11.3 Å². The largest absolute Gasteiger partial charge is 0.478 e. The van der Waals surface area contributed by atoms with Crippen LogP contribution < -0.4 is 0 Å². The summed E-state index contributed by atoms with van der Waals surface area (Å²) in [6, 6.07) is 9.00. The average molecular weight is 237 g/mol. The minimum Gasteiger partial charge on any atom is -0.478 e. The summed E-state index contributed by atoms with van der Waals surface area (Å²) in [6.07, 6.45) is 6.80. The van der Waals surface area contributed by atoms with E-state index in [1.165, 1.54) is 6.20 Å². The van der Waals surface area contributed by atoms with Crippen molar-refractivity contribution in [2.45, 2.75) is 6.92 Å². The van der Waals surface area contributed by atoms with Crippen molar-refractivity contribution in [1.29, 1.82) is 0 Å². The van der Waals surface area contributed by atoms with Crippen LogP contribution >= 0.6 is 0 Å². The van der Waals surface area contributed by atoms with E-state index >= 15 is 0 Å². The maximum Gasteiger partial charge on any atom is 0.337 e. The number of carboxylic acid groups (broad SMARTS) is 1. The number of aromatic carboxylic acids is 1. The molecule has 1 aromatic carbocycles. The predicted molar refractivity (Wildman–Crippen MR) is 69.3 cm³/mol. The van der Waals surface area contributed by atoms with Gasteiger partial charge in [-0.2, -0.15) is 0 Å². The minimum atomic E-state index is -1.01. The molecular formula is C15H11NO2. The van der Waals surface area contributed by atoms with Gasteiger partial charge in [-0.25, -0.2) is 4.79 Å². The van der Waals surface area contributed by atoms with Crippen LogP contribution in [0.3, 0.4) is 0 Å². The fourth-order valence-electron chi connectivity index (χ4n) is 1.80. The van der Waals surface area contributed by atoms with Crippen molar-refractivity contribution in [1.82, 2.24) is 4.98 Å². The van der Waals surface area contributed by atoms with Gasteiger partial charge >= 0.3 is 5.97 Å². The molecule has 1 N–H and O–H groups in total. The lowest BCUT2D eigenvalue weighted by Crippen LogP contribution is -2.02. The Labute approximate surface area is 105 Å². The first-order chi connectivity index (χ1) is 8.63. The summed E-state index contributed by atoms with van der Waals surface area (Å²) >= 11 is 0. The quantitative estimate of drug-likeness (QED) is 0.817. The normalized spacial score (nSPS) is 9.78. The maximum atomic E-state index is 11.2. The van der Waals surface area contributed by atoms with E-state index < -0.39 is 5.97 Å². The van der Waals surface area contributed by atoms with Crippen LogP contribution in [0.4, 0.5) is 0 Å². The summed E-state index contributed by atoms with van der Waals surface area (Å²) in [5, 5.41) is 9.19. The van der Waals surface area contributed by atoms with Crippen molar-refractivity contribution in [2.75, 3.05) is 0 Å². The van der Waals surface area contributed by atoms with Gasteiger partial charge in [-0.3, -0.25) is 4.98 Å². The van der Waals surface area contributed by atoms with Gasteiger partial charge in [0.1, 0.15) is 0 Å². The van der Waals surface area contributed by atoms with E-state index in [1.807, 2.05) is 25.1 Å². The molecule has 0 spiro atoms. The molecule has 0 radical (unpaired) electrons. The van der Waals surface area contributed by atoms with Crippen molar-refractivity contribution in [3.8, 4) is 23.5 Å². The van der Waals surface area contributed by atoms with Crippen LogP contribution in [0.25, 0.3) is 11.1 Å². The molecule has 0 atom stereocenters. The minimum absolute atomic E-state index is 0.156. The molecule has 0 bridgehead atoms. The van der Waals surface area contributed by atoms with E-state index in [2.05, 4.69) is 10.9 Å². The molecule has 0 unspecified atom stereocenters. The highest BCUT2D eigenvalue weighted by molar-refractivity contribution is 5.96. The standard InChI is InChI=1S/C15H11NO2/c1-3-11-6-4-5-7-12(11)13-8-10(2)16-9-14(13)15(17)18/h1,4-9H,2H3,(H,17,18). The summed E-state index contributed by atoms with van der Waals surface area (Å²) < 4.78 is 0. The summed E-state index contributed by atoms with van der Waals surface area (Å²) in [6.45, 7) is 1.81. The third-order valence-electron chi connectivity index (χ3n) is 2.64. The monoisotopic (exact) mass is 237 g/mol. The highest BCUT2D eigenvalue weighted by Crippen LogP contribution is 2.27. The number of aromatic nitrogens is 1. The highest BCUT2D eigenvalue weighted by atomic mass is 16.4. The van der Waals surface area contributed by atoms with Crippen LogP contribution in [-0.2, 0) is 0 Å². The fraction of sp³-hybridized carbons (Fsp3) is 0.0667. The Hall–Kier alpha value is -2.60. The Balaban J connectivity index is 2.74. The molecule has 0 aliphatic heterocycles. The van der Waals surface area contributed by atoms with Crippen molar-refractivity contribution in [3.63, 3.8) is 0 Å². The third-order valence-corrected chi connectivity index (χ3v) is 2.64. The molecule has 0 aliphatic rings. The SMILES string of the molecule is C#Cc1ccccc1-c1cc(C)ncc1C(=O)O. The Bertz CT molecular complexity index is 654. The summed E-state index contributed by atoms with van der Waals surface area (Å²) in [7, 11) is 0. The molecule has 1 aromatic heterocycles. The number of benzene rings is 1. The first-order valence-electron chi connectivity index (χ1n) is 5.39. The molecule has 18 heavy (non-hydrogen) atoms. The number of rotatable bonds is 2. The molecule has 0 aliphatic carbocycles. The number of aryl methyl sites for hydroxylation is 1. The van der Waals surface area contributed by atoms with Gasteiger partial charge in [-0.15, -0.1) is 6.42 Å². The maximum absolute atomic E-state index is 11.2. The van der Waals surface area contributed by atoms with Gasteiger partial charge in [0.15, 0.2) is 0 Å². The highest BCUT2D eigenvalue weighted by Gasteiger charge is 2.14. The van der Waals surface area contributed by atoms with Crippen LogP contribution in [0.5, 0.6) is 0 Å². The lowest BCUT2D eigenvalue weighted by Gasteiger charge is -2.09. The molecule has 2 rings (SSSR count). The van der Waals surface area contributed by atoms with E-state index in [9.17, 15) is 9.90 Å². The van der Waals surface area contributed by atoms with E-state index in [4.69, 9.17) is 6.42 Å². The lowest BCUT2D eigenvalue weighted by molar-refractivity contribution is 0.0697. The molecule has 0 fully saturated rings. The van der Waals surface area contributed by atoms with Crippen molar-refractivity contribution < 1.29 is 9.90 Å². The Morgan fingerprint density at radius 3 is 2.72 bits per heavy atom. The summed E-state index contributed by atoms with van der Waals surface area (Å²) in [5.74, 6) is 1.56. The number of hydrogen-bond donors (Lipinski definition) is 1. The smallest absolute Gasteiger partial charge is 0.337 e. The van der Waals surface area contributed by atoms with E-state index in [0.29, 0.717) is 11.1 Å². The molecule has 3 nitrogen and oxygen atoms in total. The Morgan fingerprint density at radius 1 is 1.33 bits per heavy atom. The molecule has 0 amide bonds. The second-order valence-corrected chi connectivity index (χ2v) is 3.87. The van der Waals surface area contributed by atoms with E-state index in [-0.39, 0.29) is 5.56 Å². The second-order valence-electron chi connectivity index (χ2n) is 3.87. The van der Waals surface area contributed by atoms with Gasteiger partial charge in [0, 0.05) is 23.0 Å². The van der Waals surface area contributed by atoms with E-state index in [1.54, 1.807) is 12.1 Å². The summed E-state index contributed by atoms with van der Waals surface area (Å²) in [5.41, 5.74) is 2.92. The zero-order valence-corrected chi connectivity index (χ0v) is 9.84. The zero-order valence-electron chi connectivity index (χ0n) is 9.84. The van der Waals surface area contributed by atoms with Gasteiger partial charge in [0.05, 0.1) is 5.56 Å². The molecule has 3 heteroatoms. The third kappa shape index (κ3) is 2.09. The Morgan fingerprint density at radius 2 is 2.06 bits per heavy atom. The average Bonchev–Trinajstić information content (AvgIpc) is 2.38. The number of pyridine rings is 1. The van der Waals surface area contributed by atoms with Crippen molar-refractivity contribution in [3.05, 3.63) is 53.3 Å². The van der Waals surface area contributed by atoms with Crippen LogP contribution in [0.15, 0.2) is 36.5 Å². The lowest BCUT2D eigenvalue weighted by atomic mass is 9.96. The van der Waals surface area contributed by atoms with Gasteiger partial charge in [0.25, 0.3) is 0 Å². The number of carboxylic acids is 1. The van der Waals surface area contributed by atoms with Crippen LogP contribution in [0.1, 0.15) is 21.6 Å². The molecular weight excluding hydrogens is 226 g/mol. The van der Waals surface area contributed by atoms with Crippen molar-refractivity contribution in [2.24, 2.45) is 0 Å². The van der Waals surface area contributed by atoms with Gasteiger partial charge in [-0.1, -0.05) is 24.1 Å². The van der Waals surface area contributed by atoms with Gasteiger partial charge in [0.2, 0.25) is 0 Å². The Kier molecular flexibility index (Phi) is 3.11. The number of nitrogens with zero attached hydrogens (tertiary/aromatic N) is 1. The fourth-order valence-corrected chi connectivity index (χ4v) is 1.80. The van der Waals surface area contributed by atoms with Gasteiger partial charge < -0.3 is 5.11 Å². The molecule has 1 heterocycles. The summed E-state index contributed by atoms with van der Waals surface area (Å²) in [4.78, 5) is 15.2. The van der Waals surface area contributed by atoms with Crippen LogP contribution in [0.2, 0.25) is 0 Å². The topological polar surface area (TPSA) is 50.2 Å². The van der Waals surface area contributed by atoms with Crippen LogP contribution in [0, 0.1) is 19.3 Å². The molecule has 0 saturated carbocycles. The second kappa shape index (κ2) is 4.72. The molecule has 0 saturated heterocycles. The number of hydrogen-bond acceptors (Lipinski definition) is 2. The predicted octanol–water partition coefficient (Wildman–Crippen LogP) is 2.74. The molecule has 2 aromatic rings. The zero-order chi connectivity index (χ0) is 13.1. The number of terminal acetylenes is 1. The number of carbonyl (C=O) groups is 1. The van der Waals surface area contributed by atoms with Gasteiger partial charge in [-0.05, 0) is 24.6 Å². The van der Waals surface area contributed by atoms with Crippen molar-refractivity contribution >= 4 is 5.97 Å². The molecule has 88 valence electrons. The first kappa shape index (κ1) is 11.9. The first-order valence-corrected chi connectivity index (χ1v) is 5.39.